The molecule has 1 aliphatic rings. The molecule has 3 aromatic rings. The Hall–Kier alpha value is -3.17. The zero-order valence-electron chi connectivity index (χ0n) is 18.8. The molecule has 0 radical (unpaired) electrons. The normalized spacial score (nSPS) is 17.9. The third-order valence-corrected chi connectivity index (χ3v) is 7.44. The van der Waals surface area contributed by atoms with Gasteiger partial charge < -0.3 is 9.42 Å². The maximum Gasteiger partial charge on any atom is 0.471 e. The molecule has 4 rings (SSSR count). The van der Waals surface area contributed by atoms with E-state index in [9.17, 15) is 40.2 Å². The van der Waals surface area contributed by atoms with Crippen molar-refractivity contribution in [3.05, 3.63) is 65.3 Å². The van der Waals surface area contributed by atoms with Gasteiger partial charge in [0.25, 0.3) is 0 Å². The van der Waals surface area contributed by atoms with Crippen molar-refractivity contribution in [2.75, 3.05) is 24.6 Å². The summed E-state index contributed by atoms with van der Waals surface area (Å²) in [6.45, 7) is 0.0602. The van der Waals surface area contributed by atoms with E-state index >= 15 is 0 Å². The molecule has 0 aliphatic carbocycles. The fourth-order valence-corrected chi connectivity index (χ4v) is 5.02. The van der Waals surface area contributed by atoms with Crippen LogP contribution in [0, 0.1) is 0 Å². The van der Waals surface area contributed by atoms with Crippen LogP contribution >= 0.6 is 10.6 Å². The highest BCUT2D eigenvalue weighted by molar-refractivity contribution is 8.24. The third-order valence-electron chi connectivity index (χ3n) is 5.77. The van der Waals surface area contributed by atoms with Crippen LogP contribution in [0.2, 0.25) is 0 Å². The van der Waals surface area contributed by atoms with E-state index in [4.69, 9.17) is 0 Å². The zero-order chi connectivity index (χ0) is 27.0. The van der Waals surface area contributed by atoms with Crippen molar-refractivity contribution in [1.82, 2.24) is 20.0 Å². The lowest BCUT2D eigenvalue weighted by Gasteiger charge is -2.42. The highest BCUT2D eigenvalue weighted by Gasteiger charge is 2.39. The first-order valence-corrected chi connectivity index (χ1v) is 12.7. The lowest BCUT2D eigenvalue weighted by Crippen LogP contribution is -2.44. The van der Waals surface area contributed by atoms with Crippen molar-refractivity contribution in [3.63, 3.8) is 0 Å². The Labute approximate surface area is 207 Å². The van der Waals surface area contributed by atoms with Gasteiger partial charge in [0.1, 0.15) is 0 Å². The summed E-state index contributed by atoms with van der Waals surface area (Å²) in [5.41, 5.74) is -0.459. The first-order chi connectivity index (χ1) is 17.2. The molecule has 1 amide bonds. The first-order valence-electron chi connectivity index (χ1n) is 10.8. The number of nitrogens with zero attached hydrogens (tertiary/aromatic N) is 4. The maximum atomic E-state index is 13.4. The number of aromatic nitrogens is 3. The summed E-state index contributed by atoms with van der Waals surface area (Å²) in [5, 5.41) is 3.27. The van der Waals surface area contributed by atoms with Gasteiger partial charge in [-0.1, -0.05) is 23.4 Å². The highest BCUT2D eigenvalue weighted by atomic mass is 32.3. The van der Waals surface area contributed by atoms with E-state index in [-0.39, 0.29) is 53.7 Å². The summed E-state index contributed by atoms with van der Waals surface area (Å²) in [5.74, 6) is -3.54. The average Bonchev–Trinajstić information content (AvgIpc) is 3.33. The second-order valence-electron chi connectivity index (χ2n) is 8.37. The van der Waals surface area contributed by atoms with E-state index in [0.29, 0.717) is 0 Å². The number of rotatable bonds is 5. The van der Waals surface area contributed by atoms with Crippen LogP contribution in [0.5, 0.6) is 0 Å². The molecule has 2 aromatic heterocycles. The fourth-order valence-electron chi connectivity index (χ4n) is 3.79. The molecule has 0 spiro atoms. The van der Waals surface area contributed by atoms with Crippen LogP contribution in [-0.2, 0) is 23.6 Å². The van der Waals surface area contributed by atoms with E-state index in [2.05, 4.69) is 19.6 Å². The van der Waals surface area contributed by atoms with Gasteiger partial charge >= 0.3 is 18.2 Å². The number of carbonyl (C=O) groups excluding carboxylic acids is 1. The summed E-state index contributed by atoms with van der Waals surface area (Å²) >= 11 is 0. The van der Waals surface area contributed by atoms with E-state index in [1.807, 2.05) is 0 Å². The monoisotopic (exact) mass is 550 g/mol. The van der Waals surface area contributed by atoms with Crippen molar-refractivity contribution >= 4 is 16.5 Å². The second-order valence-corrected chi connectivity index (χ2v) is 10.8. The number of pyridine rings is 1. The van der Waals surface area contributed by atoms with Crippen molar-refractivity contribution in [2.45, 2.75) is 24.7 Å². The molecule has 1 fully saturated rings. The number of hydrogen-bond acceptors (Lipinski definition) is 7. The molecule has 1 aromatic carbocycles. The lowest BCUT2D eigenvalue weighted by atomic mass is 9.91. The SMILES string of the molecule is O=C([C@@H](Cc1ccc(-c2noc(C(F)(F)F)n2)cn1)c1cccc(C(F)(F)F)c1)N1CCS(O)(O)CC1. The predicted octanol–water partition coefficient (Wildman–Crippen LogP) is 5.09. The number of benzene rings is 1. The Balaban J connectivity index is 1.61. The quantitative estimate of drug-likeness (QED) is 0.426. The molecular weight excluding hydrogens is 530 g/mol. The first kappa shape index (κ1) is 26.9. The van der Waals surface area contributed by atoms with E-state index < -0.39 is 46.2 Å². The number of hydrogen-bond donors (Lipinski definition) is 2. The van der Waals surface area contributed by atoms with Crippen molar-refractivity contribution in [2.24, 2.45) is 0 Å². The van der Waals surface area contributed by atoms with E-state index in [1.165, 1.54) is 35.4 Å². The molecule has 1 atom stereocenters. The molecule has 200 valence electrons. The van der Waals surface area contributed by atoms with Gasteiger partial charge in [0.2, 0.25) is 11.7 Å². The molecule has 0 saturated carbocycles. The molecule has 1 aliphatic heterocycles. The molecule has 0 bridgehead atoms. The van der Waals surface area contributed by atoms with Crippen LogP contribution in [0.15, 0.2) is 47.1 Å². The Bertz CT molecular complexity index is 1250. The van der Waals surface area contributed by atoms with Gasteiger partial charge in [0.05, 0.1) is 23.0 Å². The fraction of sp³-hybridized carbons (Fsp3) is 0.364. The third kappa shape index (κ3) is 6.40. The van der Waals surface area contributed by atoms with Crippen LogP contribution in [0.4, 0.5) is 26.3 Å². The van der Waals surface area contributed by atoms with E-state index in [0.717, 1.165) is 12.1 Å². The topological polar surface area (TPSA) is 113 Å². The number of carbonyl (C=O) groups is 1. The Morgan fingerprint density at radius 1 is 1.05 bits per heavy atom. The van der Waals surface area contributed by atoms with Gasteiger partial charge in [-0.2, -0.15) is 41.9 Å². The summed E-state index contributed by atoms with van der Waals surface area (Å²) in [6.07, 6.45) is -8.40. The zero-order valence-corrected chi connectivity index (χ0v) is 19.6. The maximum absolute atomic E-state index is 13.4. The molecule has 1 saturated heterocycles. The van der Waals surface area contributed by atoms with Gasteiger partial charge in [0.15, 0.2) is 0 Å². The van der Waals surface area contributed by atoms with Crippen molar-refractivity contribution < 1.29 is 44.8 Å². The van der Waals surface area contributed by atoms with Gasteiger partial charge in [-0.15, -0.1) is 0 Å². The highest BCUT2D eigenvalue weighted by Crippen LogP contribution is 2.41. The summed E-state index contributed by atoms with van der Waals surface area (Å²) in [4.78, 5) is 22.2. The van der Waals surface area contributed by atoms with Crippen LogP contribution in [-0.4, -0.2) is 59.6 Å². The number of amides is 1. The summed E-state index contributed by atoms with van der Waals surface area (Å²) in [6, 6.07) is 7.11. The van der Waals surface area contributed by atoms with Crippen LogP contribution in [0.1, 0.15) is 28.6 Å². The standard InChI is InChI=1S/C22H20F6N4O4S/c23-21(24,25)15-3-1-2-13(10-15)17(19(33)32-6-8-37(34,35)9-7-32)11-16-5-4-14(12-29-16)18-30-20(36-31-18)22(26,27)28/h1-5,10,12,17,34-35H,6-9,11H2/t17-/m0/s1. The number of alkyl halides is 6. The van der Waals surface area contributed by atoms with E-state index in [1.54, 1.807) is 0 Å². The van der Waals surface area contributed by atoms with Gasteiger partial charge in [-0.25, -0.2) is 0 Å². The summed E-state index contributed by atoms with van der Waals surface area (Å²) in [7, 11) is -2.81. The molecule has 37 heavy (non-hydrogen) atoms. The number of halogens is 6. The molecular formula is C22H20F6N4O4S. The largest absolute Gasteiger partial charge is 0.471 e. The summed E-state index contributed by atoms with van der Waals surface area (Å²) < 4.78 is 102. The predicted molar refractivity (Wildman–Crippen MR) is 120 cm³/mol. The lowest BCUT2D eigenvalue weighted by molar-refractivity contribution is -0.159. The molecule has 15 heteroatoms. The molecule has 0 unspecified atom stereocenters. The Morgan fingerprint density at radius 2 is 1.76 bits per heavy atom. The average molecular weight is 550 g/mol. The van der Waals surface area contributed by atoms with Gasteiger partial charge in [-0.05, 0) is 23.8 Å². The van der Waals surface area contributed by atoms with Crippen LogP contribution in [0.3, 0.4) is 0 Å². The molecule has 8 nitrogen and oxygen atoms in total. The molecule has 3 heterocycles. The van der Waals surface area contributed by atoms with Crippen LogP contribution < -0.4 is 0 Å². The second kappa shape index (κ2) is 9.95. The minimum absolute atomic E-state index is 0.0301. The molecule has 2 N–H and O–H groups in total. The Morgan fingerprint density at radius 3 is 2.32 bits per heavy atom. The van der Waals surface area contributed by atoms with Crippen LogP contribution in [0.25, 0.3) is 11.4 Å². The van der Waals surface area contributed by atoms with Gasteiger partial charge in [0, 0.05) is 37.0 Å². The smallest absolute Gasteiger partial charge is 0.339 e. The van der Waals surface area contributed by atoms with Crippen molar-refractivity contribution in [3.8, 4) is 11.4 Å². The Kier molecular flexibility index (Phi) is 7.23. The minimum Gasteiger partial charge on any atom is -0.339 e. The van der Waals surface area contributed by atoms with Gasteiger partial charge in [-0.3, -0.25) is 18.9 Å². The minimum atomic E-state index is -4.82. The van der Waals surface area contributed by atoms with Crippen molar-refractivity contribution in [1.29, 1.82) is 0 Å².